The van der Waals surface area contributed by atoms with Crippen molar-refractivity contribution >= 4 is 12.5 Å². The first-order chi connectivity index (χ1) is 10.1. The molecule has 0 unspecified atom stereocenters. The number of benzene rings is 1. The Morgan fingerprint density at radius 3 is 2.09 bits per heavy atom. The third-order valence-corrected chi connectivity index (χ3v) is 2.93. The fourth-order valence-electron chi connectivity index (χ4n) is 1.93. The van der Waals surface area contributed by atoms with Crippen LogP contribution >= 0.6 is 0 Å². The van der Waals surface area contributed by atoms with Gasteiger partial charge in [-0.15, -0.1) is 0 Å². The number of halogens is 3. The monoisotopic (exact) mass is 315 g/mol. The summed E-state index contributed by atoms with van der Waals surface area (Å²) in [5.74, 6) is 0. The summed E-state index contributed by atoms with van der Waals surface area (Å²) in [5, 5.41) is 3.02. The lowest BCUT2D eigenvalue weighted by Gasteiger charge is -2.14. The van der Waals surface area contributed by atoms with Gasteiger partial charge in [-0.1, -0.05) is 12.7 Å². The summed E-state index contributed by atoms with van der Waals surface area (Å²) in [5.41, 5.74) is 0.901. The molecule has 0 radical (unpaired) electrons. The summed E-state index contributed by atoms with van der Waals surface area (Å²) < 4.78 is 42.5. The zero-order valence-electron chi connectivity index (χ0n) is 12.9. The number of hydrogen-bond acceptors (Lipinski definition) is 3. The lowest BCUT2D eigenvalue weighted by atomic mass is 9.99. The first-order valence-electron chi connectivity index (χ1n) is 6.76. The molecule has 1 heterocycles. The van der Waals surface area contributed by atoms with E-state index < -0.39 is 11.7 Å². The highest BCUT2D eigenvalue weighted by atomic mass is 19.4. The van der Waals surface area contributed by atoms with E-state index in [1.807, 2.05) is 20.8 Å². The van der Waals surface area contributed by atoms with Gasteiger partial charge in [0.1, 0.15) is 5.60 Å². The first-order valence-corrected chi connectivity index (χ1v) is 6.76. The van der Waals surface area contributed by atoms with Crippen molar-refractivity contribution in [3.05, 3.63) is 41.0 Å². The number of rotatable bonds is 2. The van der Waals surface area contributed by atoms with Crippen molar-refractivity contribution in [2.45, 2.75) is 45.6 Å². The van der Waals surface area contributed by atoms with Gasteiger partial charge in [0, 0.05) is 13.1 Å². The number of carbonyl (C=O) groups excluding carboxylic acids is 1. The van der Waals surface area contributed by atoms with E-state index >= 15 is 0 Å². The molecule has 0 spiro atoms. The van der Waals surface area contributed by atoms with E-state index in [-0.39, 0.29) is 11.2 Å². The van der Waals surface area contributed by atoms with Gasteiger partial charge >= 0.3 is 6.18 Å². The van der Waals surface area contributed by atoms with Gasteiger partial charge in [-0.05, 0) is 49.6 Å². The van der Waals surface area contributed by atoms with Crippen molar-refractivity contribution in [1.82, 2.24) is 5.32 Å². The third-order valence-electron chi connectivity index (χ3n) is 2.93. The second kappa shape index (κ2) is 6.96. The molecule has 22 heavy (non-hydrogen) atoms. The molecule has 1 aromatic rings. The van der Waals surface area contributed by atoms with Crippen LogP contribution in [0.2, 0.25) is 0 Å². The Balaban J connectivity index is 0.000000295. The Morgan fingerprint density at radius 2 is 1.73 bits per heavy atom. The molecule has 0 aromatic heterocycles. The number of nitrogens with one attached hydrogen (secondary N) is 1. The Labute approximate surface area is 128 Å². The van der Waals surface area contributed by atoms with Crippen LogP contribution in [0.4, 0.5) is 13.2 Å². The highest BCUT2D eigenvalue weighted by Crippen LogP contribution is 2.35. The predicted molar refractivity (Wildman–Crippen MR) is 79.0 cm³/mol. The van der Waals surface area contributed by atoms with Gasteiger partial charge in [-0.3, -0.25) is 4.79 Å². The van der Waals surface area contributed by atoms with Crippen LogP contribution in [0.5, 0.6) is 0 Å². The van der Waals surface area contributed by atoms with Gasteiger partial charge in [0.15, 0.2) is 0 Å². The second-order valence-electron chi connectivity index (χ2n) is 5.84. The fourth-order valence-corrected chi connectivity index (χ4v) is 1.93. The van der Waals surface area contributed by atoms with E-state index in [0.717, 1.165) is 11.1 Å². The van der Waals surface area contributed by atoms with Gasteiger partial charge in [0.2, 0.25) is 0 Å². The largest absolute Gasteiger partial charge is 0.462 e. The molecule has 1 N–H and O–H groups in total. The molecule has 0 saturated carbocycles. The molecule has 0 saturated heterocycles. The normalized spacial score (nSPS) is 13.7. The van der Waals surface area contributed by atoms with E-state index in [0.29, 0.717) is 19.6 Å². The standard InChI is InChI=1S/C11H10F3N.C5H10O2/c1-2-7-3-8-5-15-6-9(8)4-10(7)11(12,13)14;1-5(2,3)7-4-6/h2-4,15H,1,5-6H2;4H,1-3H3. The summed E-state index contributed by atoms with van der Waals surface area (Å²) in [6.07, 6.45) is -3.05. The topological polar surface area (TPSA) is 38.3 Å². The van der Waals surface area contributed by atoms with Gasteiger partial charge in [0.25, 0.3) is 6.47 Å². The summed E-state index contributed by atoms with van der Waals surface area (Å²) in [7, 11) is 0. The summed E-state index contributed by atoms with van der Waals surface area (Å²) in [6, 6.07) is 2.78. The molecule has 3 nitrogen and oxygen atoms in total. The maximum Gasteiger partial charge on any atom is 0.416 e. The fraction of sp³-hybridized carbons (Fsp3) is 0.438. The highest BCUT2D eigenvalue weighted by molar-refractivity contribution is 5.56. The van der Waals surface area contributed by atoms with E-state index in [1.165, 1.54) is 12.1 Å². The minimum atomic E-state index is -4.30. The maximum atomic E-state index is 12.6. The average Bonchev–Trinajstić information content (AvgIpc) is 2.82. The van der Waals surface area contributed by atoms with Crippen LogP contribution in [-0.2, 0) is 28.8 Å². The Bertz CT molecular complexity index is 546. The molecule has 0 bridgehead atoms. The molecule has 1 aromatic carbocycles. The number of ether oxygens (including phenoxy) is 1. The number of fused-ring (bicyclic) bond motifs is 1. The Morgan fingerprint density at radius 1 is 1.18 bits per heavy atom. The van der Waals surface area contributed by atoms with Crippen molar-refractivity contribution in [1.29, 1.82) is 0 Å². The number of carbonyl (C=O) groups is 1. The summed E-state index contributed by atoms with van der Waals surface area (Å²) >= 11 is 0. The van der Waals surface area contributed by atoms with Crippen LogP contribution in [0.15, 0.2) is 18.7 Å². The molecule has 1 aliphatic rings. The van der Waals surface area contributed by atoms with Crippen molar-refractivity contribution in [2.24, 2.45) is 0 Å². The summed E-state index contributed by atoms with van der Waals surface area (Å²) in [4.78, 5) is 9.60. The molecular weight excluding hydrogens is 295 g/mol. The third kappa shape index (κ3) is 5.18. The van der Waals surface area contributed by atoms with Gasteiger partial charge in [-0.25, -0.2) is 0 Å². The zero-order valence-corrected chi connectivity index (χ0v) is 12.9. The molecule has 0 aliphatic carbocycles. The van der Waals surface area contributed by atoms with Crippen molar-refractivity contribution in [3.8, 4) is 0 Å². The molecule has 2 rings (SSSR count). The molecule has 0 amide bonds. The van der Waals surface area contributed by atoms with E-state index in [4.69, 9.17) is 0 Å². The van der Waals surface area contributed by atoms with E-state index in [1.54, 1.807) is 6.07 Å². The Hall–Kier alpha value is -1.82. The van der Waals surface area contributed by atoms with Gasteiger partial charge in [-0.2, -0.15) is 13.2 Å². The second-order valence-corrected chi connectivity index (χ2v) is 5.84. The van der Waals surface area contributed by atoms with Crippen molar-refractivity contribution in [3.63, 3.8) is 0 Å². The quantitative estimate of drug-likeness (QED) is 0.841. The lowest BCUT2D eigenvalue weighted by Crippen LogP contribution is -2.17. The van der Waals surface area contributed by atoms with Gasteiger partial charge in [0.05, 0.1) is 5.56 Å². The molecule has 122 valence electrons. The molecule has 6 heteroatoms. The molecular formula is C16H20F3NO2. The first kappa shape index (κ1) is 18.2. The Kier molecular flexibility index (Phi) is 5.77. The van der Waals surface area contributed by atoms with Crippen LogP contribution in [-0.4, -0.2) is 12.1 Å². The van der Waals surface area contributed by atoms with Crippen LogP contribution < -0.4 is 5.32 Å². The lowest BCUT2D eigenvalue weighted by molar-refractivity contribution is -0.139. The smallest absolute Gasteiger partial charge is 0.416 e. The number of hydrogen-bond donors (Lipinski definition) is 1. The average molecular weight is 315 g/mol. The van der Waals surface area contributed by atoms with E-state index in [9.17, 15) is 18.0 Å². The maximum absolute atomic E-state index is 12.6. The molecule has 1 aliphatic heterocycles. The zero-order chi connectivity index (χ0) is 17.0. The van der Waals surface area contributed by atoms with Crippen molar-refractivity contribution < 1.29 is 22.7 Å². The SMILES string of the molecule is C=Cc1cc2c(cc1C(F)(F)F)CNC2.CC(C)(C)OC=O. The molecule has 0 fully saturated rings. The van der Waals surface area contributed by atoms with E-state index in [2.05, 4.69) is 16.6 Å². The van der Waals surface area contributed by atoms with Crippen LogP contribution in [0.3, 0.4) is 0 Å². The number of alkyl halides is 3. The van der Waals surface area contributed by atoms with Crippen LogP contribution in [0, 0.1) is 0 Å². The van der Waals surface area contributed by atoms with Crippen molar-refractivity contribution in [2.75, 3.05) is 0 Å². The highest BCUT2D eigenvalue weighted by Gasteiger charge is 2.33. The van der Waals surface area contributed by atoms with Crippen LogP contribution in [0.25, 0.3) is 6.08 Å². The predicted octanol–water partition coefficient (Wildman–Crippen LogP) is 3.91. The molecule has 0 atom stereocenters. The minimum absolute atomic E-state index is 0.157. The minimum Gasteiger partial charge on any atom is -0.462 e. The summed E-state index contributed by atoms with van der Waals surface area (Å²) in [6.45, 7) is 10.5. The van der Waals surface area contributed by atoms with Gasteiger partial charge < -0.3 is 10.1 Å². The van der Waals surface area contributed by atoms with Crippen LogP contribution in [0.1, 0.15) is 43.0 Å².